The number of alkyl halides is 2. The van der Waals surface area contributed by atoms with Gasteiger partial charge in [0.25, 0.3) is 0 Å². The molecule has 0 atom stereocenters. The molecule has 0 N–H and O–H groups in total. The Balaban J connectivity index is 1.18. The Morgan fingerprint density at radius 2 is 1.60 bits per heavy atom. The zero-order valence-electron chi connectivity index (χ0n) is 21.9. The molecule has 2 aromatic heterocycles. The number of Topliss-reactive ketones (excluding diaryl/α,β-unsaturated/α-hetero) is 1. The molecule has 0 radical (unpaired) electrons. The van der Waals surface area contributed by atoms with Crippen LogP contribution in [-0.2, 0) is 5.75 Å². The zero-order chi connectivity index (χ0) is 28.9. The highest BCUT2D eigenvalue weighted by Gasteiger charge is 2.18. The number of carbonyl (C=O) groups is 1. The van der Waals surface area contributed by atoms with E-state index in [1.807, 2.05) is 65.2 Å². The van der Waals surface area contributed by atoms with E-state index in [0.29, 0.717) is 16.5 Å². The van der Waals surface area contributed by atoms with Crippen LogP contribution in [0.4, 0.5) is 8.78 Å². The highest BCUT2D eigenvalue weighted by Crippen LogP contribution is 2.33. The van der Waals surface area contributed by atoms with E-state index < -0.39 is 6.61 Å². The third kappa shape index (κ3) is 6.53. The van der Waals surface area contributed by atoms with Crippen LogP contribution in [0.25, 0.3) is 27.3 Å². The van der Waals surface area contributed by atoms with Crippen LogP contribution in [0.3, 0.4) is 0 Å². The summed E-state index contributed by atoms with van der Waals surface area (Å²) < 4.78 is 33.4. The van der Waals surface area contributed by atoms with Crippen LogP contribution in [0.1, 0.15) is 15.9 Å². The average Bonchev–Trinajstić information content (AvgIpc) is 3.64. The van der Waals surface area contributed by atoms with Crippen molar-refractivity contribution in [1.82, 2.24) is 19.7 Å². The summed E-state index contributed by atoms with van der Waals surface area (Å²) in [6.07, 6.45) is 0. The Hall–Kier alpha value is -4.06. The topological polar surface area (TPSA) is 69.9 Å². The van der Waals surface area contributed by atoms with Crippen LogP contribution in [0.15, 0.2) is 113 Å². The Morgan fingerprint density at radius 1 is 0.857 bits per heavy atom. The number of aromatic nitrogens is 4. The molecular weight excluding hydrogens is 595 g/mol. The van der Waals surface area contributed by atoms with Crippen molar-refractivity contribution in [2.45, 2.75) is 21.9 Å². The molecule has 6 aromatic rings. The lowest BCUT2D eigenvalue weighted by Crippen LogP contribution is -2.06. The van der Waals surface area contributed by atoms with Gasteiger partial charge in [0.05, 0.1) is 16.0 Å². The fourth-order valence-corrected chi connectivity index (χ4v) is 7.07. The Kier molecular flexibility index (Phi) is 8.59. The predicted octanol–water partition coefficient (Wildman–Crippen LogP) is 8.41. The summed E-state index contributed by atoms with van der Waals surface area (Å²) in [5, 5.41) is 9.46. The number of benzene rings is 4. The van der Waals surface area contributed by atoms with E-state index in [1.165, 1.54) is 46.3 Å². The third-order valence-electron chi connectivity index (χ3n) is 6.23. The standard InChI is InChI=1S/C31H22F2N4O2S3/c32-29(33)39-24-16-14-21(15-17-24)26(38)19-40-30-36-35-28(37(30)23-6-2-1-3-7-23)22-12-10-20(11-13-22)18-41-31-34-25-8-4-5-9-27(25)42-31/h1-17,29H,18-19H2. The molecule has 0 saturated carbocycles. The van der Waals surface area contributed by atoms with Crippen molar-refractivity contribution < 1.29 is 18.3 Å². The summed E-state index contributed by atoms with van der Waals surface area (Å²) in [6, 6.07) is 31.8. The van der Waals surface area contributed by atoms with Gasteiger partial charge in [-0.05, 0) is 54.1 Å². The number of fused-ring (bicyclic) bond motifs is 1. The third-order valence-corrected chi connectivity index (χ3v) is 9.41. The minimum absolute atomic E-state index is 0.00373. The Bertz CT molecular complexity index is 1780. The van der Waals surface area contributed by atoms with Crippen molar-refractivity contribution >= 4 is 50.9 Å². The van der Waals surface area contributed by atoms with Crippen molar-refractivity contribution in [2.75, 3.05) is 5.75 Å². The Labute approximate surface area is 252 Å². The highest BCUT2D eigenvalue weighted by atomic mass is 32.2. The van der Waals surface area contributed by atoms with Crippen molar-refractivity contribution in [3.63, 3.8) is 0 Å². The summed E-state index contributed by atoms with van der Waals surface area (Å²) in [6.45, 7) is -2.92. The van der Waals surface area contributed by atoms with E-state index in [-0.39, 0.29) is 17.3 Å². The van der Waals surface area contributed by atoms with Crippen LogP contribution in [0, 0.1) is 0 Å². The first-order chi connectivity index (χ1) is 20.5. The van der Waals surface area contributed by atoms with Gasteiger partial charge in [0, 0.05) is 22.6 Å². The largest absolute Gasteiger partial charge is 0.435 e. The van der Waals surface area contributed by atoms with E-state index in [9.17, 15) is 13.6 Å². The molecule has 0 aliphatic carbocycles. The monoisotopic (exact) mass is 616 g/mol. The number of halogens is 2. The summed E-state index contributed by atoms with van der Waals surface area (Å²) in [5.41, 5.74) is 4.35. The SMILES string of the molecule is O=C(CSc1nnc(-c2ccc(CSc3nc4ccccc4s3)cc2)n1-c1ccccc1)c1ccc(OC(F)F)cc1. The lowest BCUT2D eigenvalue weighted by atomic mass is 10.1. The highest BCUT2D eigenvalue weighted by molar-refractivity contribution is 8.00. The van der Waals surface area contributed by atoms with Crippen LogP contribution in [0.2, 0.25) is 0 Å². The number of rotatable bonds is 11. The first kappa shape index (κ1) is 28.1. The smallest absolute Gasteiger partial charge is 0.387 e. The maximum atomic E-state index is 12.9. The molecule has 6 nitrogen and oxygen atoms in total. The van der Waals surface area contributed by atoms with Gasteiger partial charge in [-0.2, -0.15) is 8.78 Å². The first-order valence-corrected chi connectivity index (χ1v) is 15.6. The van der Waals surface area contributed by atoms with Gasteiger partial charge in [-0.15, -0.1) is 21.5 Å². The average molecular weight is 617 g/mol. The minimum Gasteiger partial charge on any atom is -0.435 e. The molecule has 0 aliphatic rings. The van der Waals surface area contributed by atoms with Crippen LogP contribution in [0.5, 0.6) is 5.75 Å². The minimum atomic E-state index is -2.92. The predicted molar refractivity (Wildman–Crippen MR) is 164 cm³/mol. The molecule has 0 aliphatic heterocycles. The number of thioether (sulfide) groups is 2. The molecule has 4 aromatic carbocycles. The number of para-hydroxylation sites is 2. The number of carbonyl (C=O) groups excluding carboxylic acids is 1. The number of ether oxygens (including phenoxy) is 1. The van der Waals surface area contributed by atoms with Crippen molar-refractivity contribution in [2.24, 2.45) is 0 Å². The lowest BCUT2D eigenvalue weighted by Gasteiger charge is -2.11. The van der Waals surface area contributed by atoms with Gasteiger partial charge in [-0.1, -0.05) is 78.1 Å². The Morgan fingerprint density at radius 3 is 2.33 bits per heavy atom. The number of nitrogens with zero attached hydrogens (tertiary/aromatic N) is 4. The molecule has 11 heteroatoms. The molecule has 0 fully saturated rings. The van der Waals surface area contributed by atoms with E-state index in [0.717, 1.165) is 26.9 Å². The molecular formula is C31H22F2N4O2S3. The number of ketones is 1. The van der Waals surface area contributed by atoms with Crippen LogP contribution in [-0.4, -0.2) is 37.9 Å². The molecule has 42 heavy (non-hydrogen) atoms. The molecule has 0 unspecified atom stereocenters. The van der Waals surface area contributed by atoms with Crippen LogP contribution < -0.4 is 4.74 Å². The van der Waals surface area contributed by atoms with Crippen LogP contribution >= 0.6 is 34.9 Å². The molecule has 0 amide bonds. The van der Waals surface area contributed by atoms with Gasteiger partial charge in [-0.25, -0.2) is 4.98 Å². The number of thiazole rings is 1. The second-order valence-corrected chi connectivity index (χ2v) is 12.2. The fraction of sp³-hybridized carbons (Fsp3) is 0.0968. The van der Waals surface area contributed by atoms with Crippen molar-refractivity contribution in [3.05, 3.63) is 114 Å². The van der Waals surface area contributed by atoms with Gasteiger partial charge in [-0.3, -0.25) is 9.36 Å². The quantitative estimate of drug-likeness (QED) is 0.107. The lowest BCUT2D eigenvalue weighted by molar-refractivity contribution is -0.0498. The van der Waals surface area contributed by atoms with Gasteiger partial charge in [0.1, 0.15) is 5.75 Å². The van der Waals surface area contributed by atoms with Gasteiger partial charge < -0.3 is 4.74 Å². The molecule has 0 saturated heterocycles. The zero-order valence-corrected chi connectivity index (χ0v) is 24.3. The van der Waals surface area contributed by atoms with E-state index in [2.05, 4.69) is 33.1 Å². The van der Waals surface area contributed by atoms with E-state index in [1.54, 1.807) is 23.1 Å². The maximum absolute atomic E-state index is 12.9. The molecule has 0 bridgehead atoms. The van der Waals surface area contributed by atoms with Crippen molar-refractivity contribution in [1.29, 1.82) is 0 Å². The summed E-state index contributed by atoms with van der Waals surface area (Å²) in [4.78, 5) is 17.6. The normalized spacial score (nSPS) is 11.3. The molecule has 6 rings (SSSR count). The second-order valence-electron chi connectivity index (χ2n) is 9.02. The first-order valence-electron chi connectivity index (χ1n) is 12.8. The van der Waals surface area contributed by atoms with Gasteiger partial charge in [0.15, 0.2) is 21.1 Å². The fourth-order valence-electron chi connectivity index (χ4n) is 4.20. The molecule has 210 valence electrons. The summed E-state index contributed by atoms with van der Waals surface area (Å²) in [5.74, 6) is 1.40. The van der Waals surface area contributed by atoms with Gasteiger partial charge in [0.2, 0.25) is 0 Å². The number of hydrogen-bond acceptors (Lipinski definition) is 8. The maximum Gasteiger partial charge on any atom is 0.387 e. The summed E-state index contributed by atoms with van der Waals surface area (Å²) >= 11 is 4.68. The molecule has 0 spiro atoms. The molecule has 2 heterocycles. The van der Waals surface area contributed by atoms with E-state index in [4.69, 9.17) is 4.98 Å². The number of hydrogen-bond donors (Lipinski definition) is 0. The van der Waals surface area contributed by atoms with Crippen molar-refractivity contribution in [3.8, 4) is 22.8 Å². The summed E-state index contributed by atoms with van der Waals surface area (Å²) in [7, 11) is 0. The second kappa shape index (κ2) is 12.8. The van der Waals surface area contributed by atoms with Gasteiger partial charge >= 0.3 is 6.61 Å². The van der Waals surface area contributed by atoms with E-state index >= 15 is 0 Å².